The number of para-hydroxylation sites is 1. The van der Waals surface area contributed by atoms with Crippen molar-refractivity contribution in [2.75, 3.05) is 5.73 Å². The molecule has 0 radical (unpaired) electrons. The van der Waals surface area contributed by atoms with Gasteiger partial charge in [-0.2, -0.15) is 0 Å². The maximum atomic E-state index is 5.99. The summed E-state index contributed by atoms with van der Waals surface area (Å²) in [5, 5.41) is 0.925. The molecule has 0 fully saturated rings. The Balaban J connectivity index is 2.04. The van der Waals surface area contributed by atoms with Crippen LogP contribution in [-0.2, 0) is 6.42 Å². The van der Waals surface area contributed by atoms with Gasteiger partial charge in [0.15, 0.2) is 0 Å². The molecule has 1 heterocycles. The van der Waals surface area contributed by atoms with Gasteiger partial charge in [-0.05, 0) is 42.3 Å². The normalized spacial score (nSPS) is 10.7. The molecule has 3 aromatic rings. The van der Waals surface area contributed by atoms with E-state index in [1.54, 1.807) is 6.20 Å². The van der Waals surface area contributed by atoms with Crippen molar-refractivity contribution in [1.29, 1.82) is 0 Å². The van der Waals surface area contributed by atoms with Gasteiger partial charge in [-0.1, -0.05) is 25.1 Å². The molecule has 0 unspecified atom stereocenters. The van der Waals surface area contributed by atoms with E-state index in [4.69, 9.17) is 10.5 Å². The fourth-order valence-corrected chi connectivity index (χ4v) is 2.22. The number of nitrogen functional groups attached to an aromatic ring is 1. The molecule has 3 heteroatoms. The van der Waals surface area contributed by atoms with E-state index < -0.39 is 0 Å². The van der Waals surface area contributed by atoms with Gasteiger partial charge in [0.2, 0.25) is 0 Å². The molecule has 100 valence electrons. The maximum absolute atomic E-state index is 5.99. The van der Waals surface area contributed by atoms with Crippen molar-refractivity contribution in [3.05, 3.63) is 60.3 Å². The number of ether oxygens (including phenoxy) is 1. The van der Waals surface area contributed by atoms with Crippen molar-refractivity contribution in [3.8, 4) is 11.5 Å². The van der Waals surface area contributed by atoms with Crippen molar-refractivity contribution in [3.63, 3.8) is 0 Å². The topological polar surface area (TPSA) is 48.1 Å². The molecule has 20 heavy (non-hydrogen) atoms. The Morgan fingerprint density at radius 2 is 1.95 bits per heavy atom. The van der Waals surface area contributed by atoms with Crippen LogP contribution < -0.4 is 10.5 Å². The average molecular weight is 264 g/mol. The zero-order valence-corrected chi connectivity index (χ0v) is 11.3. The lowest BCUT2D eigenvalue weighted by Crippen LogP contribution is -1.92. The van der Waals surface area contributed by atoms with Crippen LogP contribution in [0.3, 0.4) is 0 Å². The fourth-order valence-electron chi connectivity index (χ4n) is 2.22. The summed E-state index contributed by atoms with van der Waals surface area (Å²) in [6, 6.07) is 15.7. The number of aromatic nitrogens is 1. The molecule has 0 bridgehead atoms. The summed E-state index contributed by atoms with van der Waals surface area (Å²) in [6.07, 6.45) is 2.71. The van der Waals surface area contributed by atoms with Crippen LogP contribution in [0.25, 0.3) is 10.9 Å². The number of pyridine rings is 1. The Bertz CT molecular complexity index is 753. The molecule has 1 aromatic heterocycles. The van der Waals surface area contributed by atoms with Gasteiger partial charge in [-0.3, -0.25) is 4.98 Å². The Labute approximate surface area is 118 Å². The molecule has 3 nitrogen and oxygen atoms in total. The first-order valence-corrected chi connectivity index (χ1v) is 6.68. The van der Waals surface area contributed by atoms with E-state index in [0.717, 1.165) is 28.8 Å². The van der Waals surface area contributed by atoms with Crippen molar-refractivity contribution in [2.45, 2.75) is 13.3 Å². The molecule has 0 atom stereocenters. The lowest BCUT2D eigenvalue weighted by Gasteiger charge is -2.10. The number of aryl methyl sites for hydroxylation is 1. The van der Waals surface area contributed by atoms with Crippen LogP contribution in [0.5, 0.6) is 11.5 Å². The highest BCUT2D eigenvalue weighted by atomic mass is 16.5. The number of anilines is 1. The molecule has 2 N–H and O–H groups in total. The number of benzene rings is 2. The van der Waals surface area contributed by atoms with Crippen LogP contribution in [0.1, 0.15) is 12.5 Å². The number of hydrogen-bond donors (Lipinski definition) is 1. The van der Waals surface area contributed by atoms with Gasteiger partial charge < -0.3 is 10.5 Å². The summed E-state index contributed by atoms with van der Waals surface area (Å²) in [5.41, 5.74) is 8.63. The average Bonchev–Trinajstić information content (AvgIpc) is 2.49. The standard InChI is InChI=1S/C17H16N2O/c1-2-12-5-3-6-13(11-12)20-16-9-10-19-17-14(16)7-4-8-15(17)18/h3-11H,2,18H2,1H3. The van der Waals surface area contributed by atoms with Gasteiger partial charge in [0.25, 0.3) is 0 Å². The Kier molecular flexibility index (Phi) is 3.25. The smallest absolute Gasteiger partial charge is 0.138 e. The zero-order chi connectivity index (χ0) is 13.9. The minimum absolute atomic E-state index is 0.662. The maximum Gasteiger partial charge on any atom is 0.138 e. The first-order chi connectivity index (χ1) is 9.78. The van der Waals surface area contributed by atoms with Gasteiger partial charge in [-0.15, -0.1) is 0 Å². The molecule has 0 saturated carbocycles. The SMILES string of the molecule is CCc1cccc(Oc2ccnc3c(N)cccc23)c1. The van der Waals surface area contributed by atoms with Crippen molar-refractivity contribution in [1.82, 2.24) is 4.98 Å². The summed E-state index contributed by atoms with van der Waals surface area (Å²) in [4.78, 5) is 4.31. The lowest BCUT2D eigenvalue weighted by molar-refractivity contribution is 0.487. The largest absolute Gasteiger partial charge is 0.457 e. The number of rotatable bonds is 3. The van der Waals surface area contributed by atoms with E-state index in [9.17, 15) is 0 Å². The third-order valence-electron chi connectivity index (χ3n) is 3.30. The molecule has 0 spiro atoms. The summed E-state index contributed by atoms with van der Waals surface area (Å²) in [7, 11) is 0. The quantitative estimate of drug-likeness (QED) is 0.722. The van der Waals surface area contributed by atoms with Gasteiger partial charge >= 0.3 is 0 Å². The predicted octanol–water partition coefficient (Wildman–Crippen LogP) is 4.17. The third kappa shape index (κ3) is 2.30. The minimum atomic E-state index is 0.662. The van der Waals surface area contributed by atoms with Crippen LogP contribution in [-0.4, -0.2) is 4.98 Å². The second kappa shape index (κ2) is 5.21. The number of nitrogens with two attached hydrogens (primary N) is 1. The number of hydrogen-bond acceptors (Lipinski definition) is 3. The van der Waals surface area contributed by atoms with Crippen LogP contribution >= 0.6 is 0 Å². The third-order valence-corrected chi connectivity index (χ3v) is 3.30. The highest BCUT2D eigenvalue weighted by molar-refractivity contribution is 5.93. The molecule has 0 aliphatic heterocycles. The monoisotopic (exact) mass is 264 g/mol. The highest BCUT2D eigenvalue weighted by Crippen LogP contribution is 2.31. The lowest BCUT2D eigenvalue weighted by atomic mass is 10.1. The van der Waals surface area contributed by atoms with Crippen molar-refractivity contribution < 1.29 is 4.74 Å². The second-order valence-corrected chi connectivity index (χ2v) is 4.66. The van der Waals surface area contributed by atoms with E-state index in [1.165, 1.54) is 5.56 Å². The van der Waals surface area contributed by atoms with E-state index in [1.807, 2.05) is 36.4 Å². The van der Waals surface area contributed by atoms with Crippen LogP contribution in [0.4, 0.5) is 5.69 Å². The van der Waals surface area contributed by atoms with Gasteiger partial charge in [0.05, 0.1) is 11.2 Å². The Morgan fingerprint density at radius 1 is 1.10 bits per heavy atom. The summed E-state index contributed by atoms with van der Waals surface area (Å²) < 4.78 is 5.99. The second-order valence-electron chi connectivity index (χ2n) is 4.66. The van der Waals surface area contributed by atoms with Crippen LogP contribution in [0.2, 0.25) is 0 Å². The van der Waals surface area contributed by atoms with E-state index >= 15 is 0 Å². The molecule has 0 saturated heterocycles. The highest BCUT2D eigenvalue weighted by Gasteiger charge is 2.06. The molecule has 3 rings (SSSR count). The van der Waals surface area contributed by atoms with Crippen molar-refractivity contribution >= 4 is 16.6 Å². The van der Waals surface area contributed by atoms with Crippen LogP contribution in [0, 0.1) is 0 Å². The minimum Gasteiger partial charge on any atom is -0.457 e. The predicted molar refractivity (Wildman–Crippen MR) is 82.0 cm³/mol. The molecule has 0 aliphatic rings. The zero-order valence-electron chi connectivity index (χ0n) is 11.3. The van der Waals surface area contributed by atoms with Crippen LogP contribution in [0.15, 0.2) is 54.7 Å². The number of fused-ring (bicyclic) bond motifs is 1. The van der Waals surface area contributed by atoms with E-state index in [0.29, 0.717) is 5.69 Å². The molecule has 2 aromatic carbocycles. The van der Waals surface area contributed by atoms with Gasteiger partial charge in [-0.25, -0.2) is 0 Å². The summed E-state index contributed by atoms with van der Waals surface area (Å²) in [5.74, 6) is 1.61. The van der Waals surface area contributed by atoms with E-state index in [2.05, 4.69) is 24.0 Å². The molecule has 0 aliphatic carbocycles. The first kappa shape index (κ1) is 12.5. The number of nitrogens with zero attached hydrogens (tertiary/aromatic N) is 1. The molecular formula is C17H16N2O. The Morgan fingerprint density at radius 3 is 2.80 bits per heavy atom. The van der Waals surface area contributed by atoms with E-state index in [-0.39, 0.29) is 0 Å². The Hall–Kier alpha value is -2.55. The molecule has 0 amide bonds. The summed E-state index contributed by atoms with van der Waals surface area (Å²) >= 11 is 0. The fraction of sp³-hybridized carbons (Fsp3) is 0.118. The summed E-state index contributed by atoms with van der Waals surface area (Å²) in [6.45, 7) is 2.13. The van der Waals surface area contributed by atoms with Gasteiger partial charge in [0.1, 0.15) is 11.5 Å². The molecular weight excluding hydrogens is 248 g/mol. The van der Waals surface area contributed by atoms with Gasteiger partial charge in [0, 0.05) is 11.6 Å². The van der Waals surface area contributed by atoms with Crippen molar-refractivity contribution in [2.24, 2.45) is 0 Å². The first-order valence-electron chi connectivity index (χ1n) is 6.68.